The van der Waals surface area contributed by atoms with Gasteiger partial charge in [-0.25, -0.2) is 4.39 Å². The molecule has 31 heavy (non-hydrogen) atoms. The van der Waals surface area contributed by atoms with Crippen molar-refractivity contribution >= 4 is 40.8 Å². The van der Waals surface area contributed by atoms with Crippen LogP contribution in [0.15, 0.2) is 72.1 Å². The molecular weight excluding hydrogens is 506 g/mol. The zero-order valence-corrected chi connectivity index (χ0v) is 19.6. The Balaban J connectivity index is 0.00000272. The van der Waals surface area contributed by atoms with Crippen LogP contribution in [-0.4, -0.2) is 34.3 Å². The second kappa shape index (κ2) is 10.9. The molecule has 0 atom stereocenters. The maximum absolute atomic E-state index is 13.3. The van der Waals surface area contributed by atoms with E-state index in [0.29, 0.717) is 6.54 Å². The highest BCUT2D eigenvalue weighted by molar-refractivity contribution is 14.0. The minimum Gasteiger partial charge on any atom is -0.361 e. The number of nitrogens with zero attached hydrogens (tertiary/aromatic N) is 3. The summed E-state index contributed by atoms with van der Waals surface area (Å²) in [5.41, 5.74) is 4.28. The summed E-state index contributed by atoms with van der Waals surface area (Å²) in [6, 6.07) is 15.1. The van der Waals surface area contributed by atoms with Crippen LogP contribution in [0.2, 0.25) is 0 Å². The zero-order chi connectivity index (χ0) is 20.8. The van der Waals surface area contributed by atoms with Crippen molar-refractivity contribution in [3.05, 3.63) is 89.6 Å². The first-order valence-corrected chi connectivity index (χ1v) is 9.96. The van der Waals surface area contributed by atoms with Crippen molar-refractivity contribution in [2.45, 2.75) is 19.5 Å². The highest BCUT2D eigenvalue weighted by Gasteiger charge is 2.06. The number of aromatic amines is 1. The third kappa shape index (κ3) is 6.06. The van der Waals surface area contributed by atoms with Crippen LogP contribution in [0.4, 0.5) is 4.39 Å². The second-order valence-electron chi connectivity index (χ2n) is 7.14. The molecule has 0 aliphatic rings. The van der Waals surface area contributed by atoms with Crippen LogP contribution < -0.4 is 10.6 Å². The van der Waals surface area contributed by atoms with Gasteiger partial charge in [0, 0.05) is 49.0 Å². The first-order chi connectivity index (χ1) is 14.7. The molecular formula is C23H26FIN6. The summed E-state index contributed by atoms with van der Waals surface area (Å²) in [5, 5.41) is 12.1. The fourth-order valence-electron chi connectivity index (χ4n) is 3.44. The van der Waals surface area contributed by atoms with E-state index in [-0.39, 0.29) is 29.8 Å². The summed E-state index contributed by atoms with van der Waals surface area (Å²) in [7, 11) is 1.75. The number of guanidine groups is 1. The Hall–Kier alpha value is -2.88. The van der Waals surface area contributed by atoms with E-state index in [1.54, 1.807) is 7.05 Å². The second-order valence-corrected chi connectivity index (χ2v) is 7.14. The Morgan fingerprint density at radius 3 is 2.77 bits per heavy atom. The normalized spacial score (nSPS) is 11.4. The van der Waals surface area contributed by atoms with E-state index in [0.717, 1.165) is 47.5 Å². The predicted molar refractivity (Wildman–Crippen MR) is 133 cm³/mol. The van der Waals surface area contributed by atoms with E-state index in [1.807, 2.05) is 47.5 Å². The standard InChI is InChI=1S/C23H25FN6.HI/c1-25-23(26-10-9-19-14-27-22-11-20(24)7-8-21(19)22)28-12-18-13-29-30(16-18)15-17-5-3-2-4-6-17;/h2-8,11,13-14,16,27H,9-10,12,15H2,1H3,(H2,25,26,28);1H. The van der Waals surface area contributed by atoms with Gasteiger partial charge in [0.1, 0.15) is 5.82 Å². The summed E-state index contributed by atoms with van der Waals surface area (Å²) in [6.07, 6.45) is 6.65. The van der Waals surface area contributed by atoms with E-state index in [9.17, 15) is 4.39 Å². The predicted octanol–water partition coefficient (Wildman–Crippen LogP) is 4.08. The molecule has 0 bridgehead atoms. The van der Waals surface area contributed by atoms with Gasteiger partial charge in [-0.2, -0.15) is 5.10 Å². The summed E-state index contributed by atoms with van der Waals surface area (Å²) < 4.78 is 15.3. The number of halogens is 2. The van der Waals surface area contributed by atoms with Crippen LogP contribution in [0, 0.1) is 5.82 Å². The number of rotatable bonds is 7. The number of H-pyrrole nitrogens is 1. The van der Waals surface area contributed by atoms with Crippen molar-refractivity contribution in [1.29, 1.82) is 0 Å². The summed E-state index contributed by atoms with van der Waals surface area (Å²) >= 11 is 0. The number of nitrogens with one attached hydrogen (secondary N) is 3. The maximum Gasteiger partial charge on any atom is 0.191 e. The Kier molecular flexibility index (Phi) is 8.05. The number of aliphatic imine (C=N–C) groups is 1. The first-order valence-electron chi connectivity index (χ1n) is 9.96. The molecule has 0 saturated carbocycles. The summed E-state index contributed by atoms with van der Waals surface area (Å²) in [5.74, 6) is 0.502. The van der Waals surface area contributed by atoms with Crippen molar-refractivity contribution in [1.82, 2.24) is 25.4 Å². The molecule has 0 saturated heterocycles. The van der Waals surface area contributed by atoms with Crippen LogP contribution in [0.25, 0.3) is 10.9 Å². The molecule has 6 nitrogen and oxygen atoms in total. The molecule has 3 N–H and O–H groups in total. The topological polar surface area (TPSA) is 70.0 Å². The van der Waals surface area contributed by atoms with Crippen molar-refractivity contribution in [2.24, 2.45) is 4.99 Å². The average Bonchev–Trinajstić information content (AvgIpc) is 3.37. The van der Waals surface area contributed by atoms with Crippen molar-refractivity contribution in [3.8, 4) is 0 Å². The zero-order valence-electron chi connectivity index (χ0n) is 17.3. The van der Waals surface area contributed by atoms with Gasteiger partial charge >= 0.3 is 0 Å². The minimum atomic E-state index is -0.231. The number of aromatic nitrogens is 3. The van der Waals surface area contributed by atoms with Gasteiger partial charge in [-0.05, 0) is 35.7 Å². The Morgan fingerprint density at radius 1 is 1.13 bits per heavy atom. The molecule has 4 aromatic rings. The van der Waals surface area contributed by atoms with Crippen molar-refractivity contribution < 1.29 is 4.39 Å². The molecule has 0 amide bonds. The number of hydrogen-bond donors (Lipinski definition) is 3. The monoisotopic (exact) mass is 532 g/mol. The summed E-state index contributed by atoms with van der Waals surface area (Å²) in [4.78, 5) is 7.40. The average molecular weight is 532 g/mol. The van der Waals surface area contributed by atoms with Crippen LogP contribution in [-0.2, 0) is 19.5 Å². The minimum absolute atomic E-state index is 0. The lowest BCUT2D eigenvalue weighted by molar-refractivity contribution is 0.629. The van der Waals surface area contributed by atoms with Crippen molar-refractivity contribution in [3.63, 3.8) is 0 Å². The van der Waals surface area contributed by atoms with E-state index < -0.39 is 0 Å². The van der Waals surface area contributed by atoms with Gasteiger partial charge in [-0.3, -0.25) is 9.67 Å². The Labute approximate surface area is 198 Å². The molecule has 2 aromatic carbocycles. The largest absolute Gasteiger partial charge is 0.361 e. The third-order valence-corrected chi connectivity index (χ3v) is 4.97. The van der Waals surface area contributed by atoms with Gasteiger partial charge in [0.05, 0.1) is 12.7 Å². The number of hydrogen-bond acceptors (Lipinski definition) is 2. The summed E-state index contributed by atoms with van der Waals surface area (Å²) in [6.45, 7) is 2.11. The molecule has 0 unspecified atom stereocenters. The lowest BCUT2D eigenvalue weighted by atomic mass is 10.1. The first kappa shape index (κ1) is 22.8. The maximum atomic E-state index is 13.3. The van der Waals surface area contributed by atoms with Gasteiger partial charge in [-0.15, -0.1) is 24.0 Å². The van der Waals surface area contributed by atoms with Crippen LogP contribution in [0.3, 0.4) is 0 Å². The Bertz CT molecular complexity index is 1140. The van der Waals surface area contributed by atoms with Crippen LogP contribution >= 0.6 is 24.0 Å². The molecule has 0 spiro atoms. The lowest BCUT2D eigenvalue weighted by Gasteiger charge is -2.11. The molecule has 0 radical (unpaired) electrons. The van der Waals surface area contributed by atoms with Gasteiger partial charge in [0.2, 0.25) is 0 Å². The van der Waals surface area contributed by atoms with Crippen LogP contribution in [0.5, 0.6) is 0 Å². The molecule has 0 fully saturated rings. The van der Waals surface area contributed by atoms with Gasteiger partial charge < -0.3 is 15.6 Å². The fourth-order valence-corrected chi connectivity index (χ4v) is 3.44. The van der Waals surface area contributed by atoms with E-state index in [4.69, 9.17) is 0 Å². The molecule has 2 aromatic heterocycles. The highest BCUT2D eigenvalue weighted by Crippen LogP contribution is 2.19. The molecule has 2 heterocycles. The SMILES string of the molecule is CN=C(NCCc1c[nH]c2cc(F)ccc12)NCc1cnn(Cc2ccccc2)c1.I. The third-order valence-electron chi connectivity index (χ3n) is 4.97. The number of benzene rings is 2. The van der Waals surface area contributed by atoms with E-state index >= 15 is 0 Å². The quantitative estimate of drug-likeness (QED) is 0.191. The van der Waals surface area contributed by atoms with Gasteiger partial charge in [-0.1, -0.05) is 30.3 Å². The van der Waals surface area contributed by atoms with Gasteiger partial charge in [0.15, 0.2) is 5.96 Å². The molecule has 8 heteroatoms. The van der Waals surface area contributed by atoms with E-state index in [1.165, 1.54) is 17.7 Å². The lowest BCUT2D eigenvalue weighted by Crippen LogP contribution is -2.37. The molecule has 162 valence electrons. The molecule has 0 aliphatic heterocycles. The number of fused-ring (bicyclic) bond motifs is 1. The fraction of sp³-hybridized carbons (Fsp3) is 0.217. The molecule has 4 rings (SSSR count). The molecule has 0 aliphatic carbocycles. The van der Waals surface area contributed by atoms with Crippen LogP contribution in [0.1, 0.15) is 16.7 Å². The smallest absolute Gasteiger partial charge is 0.191 e. The highest BCUT2D eigenvalue weighted by atomic mass is 127. The van der Waals surface area contributed by atoms with E-state index in [2.05, 4.69) is 37.8 Å². The Morgan fingerprint density at radius 2 is 1.97 bits per heavy atom. The van der Waals surface area contributed by atoms with Gasteiger partial charge in [0.25, 0.3) is 0 Å². The van der Waals surface area contributed by atoms with Crippen molar-refractivity contribution in [2.75, 3.05) is 13.6 Å².